The molecular weight excluding hydrogens is 336 g/mol. The fourth-order valence-corrected chi connectivity index (χ4v) is 3.29. The molecule has 0 aliphatic carbocycles. The lowest BCUT2D eigenvalue weighted by Gasteiger charge is -2.34. The number of hydrogen-bond acceptors (Lipinski definition) is 4. The predicted molar refractivity (Wildman–Crippen MR) is 113 cm³/mol. The van der Waals surface area contributed by atoms with E-state index in [0.29, 0.717) is 11.5 Å². The number of dihydropyridines is 1. The fourth-order valence-electron chi connectivity index (χ4n) is 3.29. The first-order chi connectivity index (χ1) is 12.8. The second kappa shape index (κ2) is 9.40. The summed E-state index contributed by atoms with van der Waals surface area (Å²) in [7, 11) is 1.64. The van der Waals surface area contributed by atoms with Gasteiger partial charge in [0.05, 0.1) is 5.70 Å². The fraction of sp³-hybridized carbons (Fsp3) is 0.455. The van der Waals surface area contributed by atoms with E-state index in [1.54, 1.807) is 20.2 Å². The summed E-state index contributed by atoms with van der Waals surface area (Å²) in [5.74, 6) is 0.938. The van der Waals surface area contributed by atoms with Crippen LogP contribution in [-0.4, -0.2) is 48.6 Å². The molecule has 1 aromatic rings. The van der Waals surface area contributed by atoms with Crippen LogP contribution in [0.5, 0.6) is 0 Å². The van der Waals surface area contributed by atoms with Crippen LogP contribution in [0.3, 0.4) is 0 Å². The monoisotopic (exact) mass is 366 g/mol. The summed E-state index contributed by atoms with van der Waals surface area (Å²) in [5, 5.41) is 8.05. The number of nitrogens with zero attached hydrogens (tertiary/aromatic N) is 3. The number of aryl methyl sites for hydroxylation is 3. The highest BCUT2D eigenvalue weighted by Gasteiger charge is 2.26. The second-order valence-corrected chi connectivity index (χ2v) is 7.21. The molecule has 5 nitrogen and oxygen atoms in total. The van der Waals surface area contributed by atoms with E-state index < -0.39 is 0 Å². The zero-order chi connectivity index (χ0) is 20.0. The molecule has 1 saturated heterocycles. The Morgan fingerprint density at radius 1 is 1.19 bits per heavy atom. The van der Waals surface area contributed by atoms with Gasteiger partial charge in [0.15, 0.2) is 5.84 Å². The molecule has 0 radical (unpaired) electrons. The summed E-state index contributed by atoms with van der Waals surface area (Å²) < 4.78 is 0. The van der Waals surface area contributed by atoms with E-state index >= 15 is 0 Å². The summed E-state index contributed by atoms with van der Waals surface area (Å²) in [5.41, 5.74) is 5.35. The number of hydrogen-bond donors (Lipinski definition) is 1. The van der Waals surface area contributed by atoms with Gasteiger partial charge in [-0.1, -0.05) is 23.8 Å². The molecule has 1 fully saturated rings. The van der Waals surface area contributed by atoms with Gasteiger partial charge in [0.1, 0.15) is 11.5 Å². The SMILES string of the molecule is CN=C1N=CC=C(N2CCC(C(C)=O)CC2)C1=N.Cc1ccc(C)c(C)c1. The Kier molecular flexibility index (Phi) is 7.22. The van der Waals surface area contributed by atoms with Crippen molar-refractivity contribution in [2.45, 2.75) is 40.5 Å². The zero-order valence-corrected chi connectivity index (χ0v) is 17.0. The van der Waals surface area contributed by atoms with Gasteiger partial charge in [-0.3, -0.25) is 15.2 Å². The third-order valence-electron chi connectivity index (χ3n) is 5.19. The smallest absolute Gasteiger partial charge is 0.174 e. The number of likely N-dealkylation sites (tertiary alicyclic amines) is 1. The lowest BCUT2D eigenvalue weighted by Crippen LogP contribution is -2.39. The molecule has 0 saturated carbocycles. The molecule has 1 aromatic carbocycles. The number of aliphatic imine (C=N–C) groups is 2. The van der Waals surface area contributed by atoms with Crippen LogP contribution in [0.15, 0.2) is 40.0 Å². The van der Waals surface area contributed by atoms with Gasteiger partial charge in [0.2, 0.25) is 0 Å². The van der Waals surface area contributed by atoms with Crippen molar-refractivity contribution in [1.29, 1.82) is 5.41 Å². The maximum absolute atomic E-state index is 11.3. The highest BCUT2D eigenvalue weighted by atomic mass is 16.1. The number of piperidine rings is 1. The number of allylic oxidation sites excluding steroid dienone is 1. The quantitative estimate of drug-likeness (QED) is 0.862. The van der Waals surface area contributed by atoms with E-state index in [-0.39, 0.29) is 11.7 Å². The van der Waals surface area contributed by atoms with Crippen molar-refractivity contribution in [2.75, 3.05) is 20.1 Å². The molecule has 2 aliphatic rings. The van der Waals surface area contributed by atoms with E-state index in [1.165, 1.54) is 16.7 Å². The van der Waals surface area contributed by atoms with E-state index in [2.05, 4.69) is 53.9 Å². The molecule has 5 heteroatoms. The molecule has 0 amide bonds. The number of carbonyl (C=O) groups is 1. The third-order valence-corrected chi connectivity index (χ3v) is 5.19. The molecule has 0 bridgehead atoms. The maximum atomic E-state index is 11.3. The molecule has 2 aliphatic heterocycles. The molecule has 1 N–H and O–H groups in total. The van der Waals surface area contributed by atoms with Crippen molar-refractivity contribution in [3.63, 3.8) is 0 Å². The summed E-state index contributed by atoms with van der Waals surface area (Å²) in [6.45, 7) is 9.70. The van der Waals surface area contributed by atoms with Crippen molar-refractivity contribution >= 4 is 23.5 Å². The van der Waals surface area contributed by atoms with Crippen molar-refractivity contribution in [3.8, 4) is 0 Å². The van der Waals surface area contributed by atoms with Crippen LogP contribution in [0.25, 0.3) is 0 Å². The van der Waals surface area contributed by atoms with Crippen molar-refractivity contribution in [1.82, 2.24) is 4.90 Å². The van der Waals surface area contributed by atoms with Gasteiger partial charge in [0.25, 0.3) is 0 Å². The first-order valence-corrected chi connectivity index (χ1v) is 9.43. The van der Waals surface area contributed by atoms with E-state index in [1.807, 2.05) is 6.08 Å². The van der Waals surface area contributed by atoms with E-state index in [0.717, 1.165) is 31.6 Å². The molecule has 0 aromatic heterocycles. The Labute approximate surface area is 162 Å². The van der Waals surface area contributed by atoms with Gasteiger partial charge in [-0.2, -0.15) is 0 Å². The van der Waals surface area contributed by atoms with Crippen LogP contribution in [0.2, 0.25) is 0 Å². The van der Waals surface area contributed by atoms with Gasteiger partial charge in [-0.25, -0.2) is 4.99 Å². The van der Waals surface area contributed by atoms with Crippen LogP contribution >= 0.6 is 0 Å². The molecule has 0 unspecified atom stereocenters. The van der Waals surface area contributed by atoms with Crippen LogP contribution in [-0.2, 0) is 4.79 Å². The maximum Gasteiger partial charge on any atom is 0.174 e. The second-order valence-electron chi connectivity index (χ2n) is 7.21. The van der Waals surface area contributed by atoms with Crippen LogP contribution < -0.4 is 0 Å². The summed E-state index contributed by atoms with van der Waals surface area (Å²) in [6.07, 6.45) is 5.28. The Morgan fingerprint density at radius 2 is 1.85 bits per heavy atom. The Morgan fingerprint density at radius 3 is 2.37 bits per heavy atom. The Hall–Kier alpha value is -2.56. The number of carbonyl (C=O) groups excluding carboxylic acids is 1. The molecule has 27 heavy (non-hydrogen) atoms. The molecular formula is C22H30N4O. The van der Waals surface area contributed by atoms with Crippen LogP contribution in [0.4, 0.5) is 0 Å². The molecule has 0 spiro atoms. The summed E-state index contributed by atoms with van der Waals surface area (Å²) >= 11 is 0. The normalized spacial score (nSPS) is 18.9. The van der Waals surface area contributed by atoms with E-state index in [9.17, 15) is 4.79 Å². The average molecular weight is 367 g/mol. The standard InChI is InChI=1S/C13H18N4O.C9H12/c1-9(18)10-4-7-17(8-5-10)11-3-6-16-13(15-2)12(11)14;1-7-4-5-8(2)9(3)6-7/h3,6,10,14H,4-5,7-8H2,1-2H3;4-6H,1-3H3. The number of nitrogens with one attached hydrogen (secondary N) is 1. The van der Waals surface area contributed by atoms with Gasteiger partial charge in [-0.15, -0.1) is 0 Å². The predicted octanol–water partition coefficient (Wildman–Crippen LogP) is 3.92. The number of benzene rings is 1. The third kappa shape index (κ3) is 5.46. The Balaban J connectivity index is 0.000000244. The van der Waals surface area contributed by atoms with Crippen molar-refractivity contribution in [2.24, 2.45) is 15.9 Å². The lowest BCUT2D eigenvalue weighted by molar-refractivity contribution is -0.121. The molecule has 144 valence electrons. The van der Waals surface area contributed by atoms with Crippen LogP contribution in [0.1, 0.15) is 36.5 Å². The largest absolute Gasteiger partial charge is 0.370 e. The van der Waals surface area contributed by atoms with Gasteiger partial charge in [0, 0.05) is 32.3 Å². The summed E-state index contributed by atoms with van der Waals surface area (Å²) in [6, 6.07) is 6.50. The minimum Gasteiger partial charge on any atom is -0.370 e. The van der Waals surface area contributed by atoms with Gasteiger partial charge >= 0.3 is 0 Å². The lowest BCUT2D eigenvalue weighted by atomic mass is 9.92. The highest BCUT2D eigenvalue weighted by Crippen LogP contribution is 2.22. The van der Waals surface area contributed by atoms with Crippen molar-refractivity contribution in [3.05, 3.63) is 46.7 Å². The minimum absolute atomic E-state index is 0.188. The summed E-state index contributed by atoms with van der Waals surface area (Å²) in [4.78, 5) is 21.5. The zero-order valence-electron chi connectivity index (χ0n) is 17.0. The number of rotatable bonds is 2. The first-order valence-electron chi connectivity index (χ1n) is 9.43. The Bertz CT molecular complexity index is 797. The molecule has 3 rings (SSSR count). The van der Waals surface area contributed by atoms with Crippen LogP contribution in [0, 0.1) is 32.1 Å². The van der Waals surface area contributed by atoms with Gasteiger partial charge < -0.3 is 4.90 Å². The molecule has 0 atom stereocenters. The topological polar surface area (TPSA) is 68.9 Å². The number of Topliss-reactive ketones (excluding diaryl/α,β-unsaturated/α-hetero) is 1. The van der Waals surface area contributed by atoms with Crippen molar-refractivity contribution < 1.29 is 4.79 Å². The number of amidine groups is 1. The van der Waals surface area contributed by atoms with Gasteiger partial charge in [-0.05, 0) is 57.7 Å². The van der Waals surface area contributed by atoms with E-state index in [4.69, 9.17) is 5.41 Å². The molecule has 2 heterocycles. The highest BCUT2D eigenvalue weighted by molar-refractivity contribution is 6.49. The first kappa shape index (κ1) is 20.7. The average Bonchev–Trinajstić information content (AvgIpc) is 2.66. The minimum atomic E-state index is 0.188. The number of ketones is 1.